The summed E-state index contributed by atoms with van der Waals surface area (Å²) in [5, 5.41) is 6.16. The minimum atomic E-state index is -0.230. The number of nitrogens with two attached hydrogens (primary N) is 1. The van der Waals surface area contributed by atoms with Gasteiger partial charge in [0.2, 0.25) is 0 Å². The predicted octanol–water partition coefficient (Wildman–Crippen LogP) is 0.610. The van der Waals surface area contributed by atoms with E-state index >= 15 is 0 Å². The maximum absolute atomic E-state index is 11.3. The zero-order chi connectivity index (χ0) is 9.42. The van der Waals surface area contributed by atoms with Crippen LogP contribution < -0.4 is 11.2 Å². The highest BCUT2D eigenvalue weighted by Gasteiger charge is 2.26. The standard InChI is InChI=1S/C9H9N3O/c1-5-3-2-4-6-7(5)8(12-10)9(13)11-6/h2-4H,10H2,1H3,(H,11,12,13). The van der Waals surface area contributed by atoms with E-state index in [9.17, 15) is 4.79 Å². The third kappa shape index (κ3) is 0.989. The lowest BCUT2D eigenvalue weighted by Gasteiger charge is -1.99. The number of nitrogens with zero attached hydrogens (tertiary/aromatic N) is 1. The molecule has 66 valence electrons. The molecule has 3 N–H and O–H groups in total. The van der Waals surface area contributed by atoms with Gasteiger partial charge in [-0.1, -0.05) is 12.1 Å². The largest absolute Gasteiger partial charge is 0.322 e. The topological polar surface area (TPSA) is 67.5 Å². The van der Waals surface area contributed by atoms with E-state index in [1.54, 1.807) is 0 Å². The first-order valence-electron chi connectivity index (χ1n) is 3.93. The first kappa shape index (κ1) is 7.79. The second-order valence-corrected chi connectivity index (χ2v) is 2.93. The van der Waals surface area contributed by atoms with Crippen molar-refractivity contribution in [2.24, 2.45) is 10.9 Å². The number of fused-ring (bicyclic) bond motifs is 1. The molecule has 0 fully saturated rings. The lowest BCUT2D eigenvalue weighted by molar-refractivity contribution is -0.110. The normalized spacial score (nSPS) is 17.3. The Morgan fingerprint density at radius 2 is 2.23 bits per heavy atom. The summed E-state index contributed by atoms with van der Waals surface area (Å²) in [7, 11) is 0. The van der Waals surface area contributed by atoms with E-state index in [-0.39, 0.29) is 5.91 Å². The molecule has 4 nitrogen and oxygen atoms in total. The molecule has 1 aromatic carbocycles. The van der Waals surface area contributed by atoms with Gasteiger partial charge < -0.3 is 11.2 Å². The van der Waals surface area contributed by atoms with Gasteiger partial charge in [-0.3, -0.25) is 4.79 Å². The minimum absolute atomic E-state index is 0.230. The van der Waals surface area contributed by atoms with E-state index in [0.717, 1.165) is 16.8 Å². The van der Waals surface area contributed by atoms with Gasteiger partial charge in [-0.2, -0.15) is 5.10 Å². The number of hydrogen-bond acceptors (Lipinski definition) is 3. The van der Waals surface area contributed by atoms with Crippen molar-refractivity contribution in [3.63, 3.8) is 0 Å². The van der Waals surface area contributed by atoms with Crippen LogP contribution in [0.5, 0.6) is 0 Å². The highest BCUT2D eigenvalue weighted by molar-refractivity contribution is 6.54. The summed E-state index contributed by atoms with van der Waals surface area (Å²) in [5.41, 5.74) is 2.91. The number of rotatable bonds is 0. The molecule has 1 aliphatic heterocycles. The molecule has 1 aliphatic rings. The summed E-state index contributed by atoms with van der Waals surface area (Å²) < 4.78 is 0. The Labute approximate surface area is 75.4 Å². The number of carbonyl (C=O) groups excluding carboxylic acids is 1. The van der Waals surface area contributed by atoms with E-state index in [4.69, 9.17) is 5.84 Å². The quantitative estimate of drug-likeness (QED) is 0.448. The molecule has 0 bridgehead atoms. The Hall–Kier alpha value is -1.84. The number of anilines is 1. The lowest BCUT2D eigenvalue weighted by atomic mass is 10.1. The van der Waals surface area contributed by atoms with Gasteiger partial charge in [0.1, 0.15) is 0 Å². The Balaban J connectivity index is 2.70. The first-order valence-corrected chi connectivity index (χ1v) is 3.93. The van der Waals surface area contributed by atoms with Crippen molar-refractivity contribution < 1.29 is 4.79 Å². The van der Waals surface area contributed by atoms with Crippen LogP contribution >= 0.6 is 0 Å². The Bertz CT molecular complexity index is 409. The number of amides is 1. The van der Waals surface area contributed by atoms with Crippen LogP contribution in [-0.4, -0.2) is 11.6 Å². The Morgan fingerprint density at radius 1 is 1.46 bits per heavy atom. The van der Waals surface area contributed by atoms with Gasteiger partial charge in [0.15, 0.2) is 5.71 Å². The smallest absolute Gasteiger partial charge is 0.276 e. The molecule has 13 heavy (non-hydrogen) atoms. The zero-order valence-electron chi connectivity index (χ0n) is 7.16. The van der Waals surface area contributed by atoms with Crippen LogP contribution in [0.15, 0.2) is 23.3 Å². The summed E-state index contributed by atoms with van der Waals surface area (Å²) >= 11 is 0. The van der Waals surface area contributed by atoms with Crippen LogP contribution in [0.25, 0.3) is 0 Å². The number of benzene rings is 1. The molecule has 0 saturated carbocycles. The van der Waals surface area contributed by atoms with Crippen molar-refractivity contribution in [1.82, 2.24) is 0 Å². The minimum Gasteiger partial charge on any atom is -0.322 e. The van der Waals surface area contributed by atoms with E-state index in [1.165, 1.54) is 0 Å². The van der Waals surface area contributed by atoms with E-state index < -0.39 is 0 Å². The molecule has 0 atom stereocenters. The molecule has 1 aromatic rings. The van der Waals surface area contributed by atoms with Gasteiger partial charge in [0, 0.05) is 5.56 Å². The van der Waals surface area contributed by atoms with Gasteiger partial charge in [-0.05, 0) is 18.6 Å². The highest BCUT2D eigenvalue weighted by atomic mass is 16.2. The second-order valence-electron chi connectivity index (χ2n) is 2.93. The van der Waals surface area contributed by atoms with E-state index in [1.807, 2.05) is 25.1 Å². The molecule has 1 amide bonds. The molecular weight excluding hydrogens is 166 g/mol. The third-order valence-electron chi connectivity index (χ3n) is 2.10. The van der Waals surface area contributed by atoms with E-state index in [0.29, 0.717) is 5.71 Å². The lowest BCUT2D eigenvalue weighted by Crippen LogP contribution is -2.16. The summed E-state index contributed by atoms with van der Waals surface area (Å²) in [4.78, 5) is 11.3. The van der Waals surface area contributed by atoms with Crippen LogP contribution in [0.4, 0.5) is 5.69 Å². The van der Waals surface area contributed by atoms with Crippen LogP contribution in [0, 0.1) is 6.92 Å². The fraction of sp³-hybridized carbons (Fsp3) is 0.111. The van der Waals surface area contributed by atoms with Crippen LogP contribution in [0.1, 0.15) is 11.1 Å². The molecule has 0 saturated heterocycles. The second kappa shape index (κ2) is 2.58. The van der Waals surface area contributed by atoms with Crippen molar-refractivity contribution in [3.05, 3.63) is 29.3 Å². The molecule has 0 radical (unpaired) electrons. The van der Waals surface area contributed by atoms with E-state index in [2.05, 4.69) is 10.4 Å². The first-order chi connectivity index (χ1) is 6.24. The van der Waals surface area contributed by atoms with Gasteiger partial charge in [-0.25, -0.2) is 0 Å². The van der Waals surface area contributed by atoms with Crippen molar-refractivity contribution in [2.45, 2.75) is 6.92 Å². The predicted molar refractivity (Wildman–Crippen MR) is 50.5 cm³/mol. The van der Waals surface area contributed by atoms with Crippen molar-refractivity contribution in [3.8, 4) is 0 Å². The number of aryl methyl sites for hydroxylation is 1. The van der Waals surface area contributed by atoms with Gasteiger partial charge in [0.05, 0.1) is 5.69 Å². The Kier molecular flexibility index (Phi) is 1.55. The van der Waals surface area contributed by atoms with Gasteiger partial charge >= 0.3 is 0 Å². The molecule has 2 rings (SSSR count). The molecule has 4 heteroatoms. The zero-order valence-corrected chi connectivity index (χ0v) is 7.16. The van der Waals surface area contributed by atoms with Crippen LogP contribution in [0.2, 0.25) is 0 Å². The number of nitrogens with one attached hydrogen (secondary N) is 1. The average molecular weight is 175 g/mol. The monoisotopic (exact) mass is 175 g/mol. The average Bonchev–Trinajstić information content (AvgIpc) is 2.42. The van der Waals surface area contributed by atoms with Gasteiger partial charge in [-0.15, -0.1) is 0 Å². The molecule has 1 heterocycles. The summed E-state index contributed by atoms with van der Waals surface area (Å²) in [6.07, 6.45) is 0. The van der Waals surface area contributed by atoms with Gasteiger partial charge in [0.25, 0.3) is 5.91 Å². The molecular formula is C9H9N3O. The number of hydrazone groups is 1. The maximum Gasteiger partial charge on any atom is 0.276 e. The summed E-state index contributed by atoms with van der Waals surface area (Å²) in [6, 6.07) is 5.64. The van der Waals surface area contributed by atoms with Crippen molar-refractivity contribution >= 4 is 17.3 Å². The number of hydrogen-bond donors (Lipinski definition) is 2. The van der Waals surface area contributed by atoms with Crippen molar-refractivity contribution in [1.29, 1.82) is 0 Å². The maximum atomic E-state index is 11.3. The molecule has 0 unspecified atom stereocenters. The van der Waals surface area contributed by atoms with Crippen molar-refractivity contribution in [2.75, 3.05) is 5.32 Å². The number of carbonyl (C=O) groups is 1. The molecule has 0 aromatic heterocycles. The molecule has 0 aliphatic carbocycles. The fourth-order valence-electron chi connectivity index (χ4n) is 1.50. The molecule has 0 spiro atoms. The third-order valence-corrected chi connectivity index (χ3v) is 2.10. The SMILES string of the molecule is Cc1cccc2c1/C(=N/N)C(=O)N2. The summed E-state index contributed by atoms with van der Waals surface area (Å²) in [5.74, 6) is 4.91. The summed E-state index contributed by atoms with van der Waals surface area (Å²) in [6.45, 7) is 1.92. The van der Waals surface area contributed by atoms with Crippen LogP contribution in [-0.2, 0) is 4.79 Å². The highest BCUT2D eigenvalue weighted by Crippen LogP contribution is 2.25. The fourth-order valence-corrected chi connectivity index (χ4v) is 1.50. The van der Waals surface area contributed by atoms with Crippen LogP contribution in [0.3, 0.4) is 0 Å². The Morgan fingerprint density at radius 3 is 2.92 bits per heavy atom.